The SMILES string of the molecule is CCOC(=O)c1cccc(N(CCCO)CCCO)c1. The van der Waals surface area contributed by atoms with E-state index in [-0.39, 0.29) is 19.2 Å². The molecule has 0 radical (unpaired) electrons. The average molecular weight is 281 g/mol. The number of ether oxygens (including phenoxy) is 1. The summed E-state index contributed by atoms with van der Waals surface area (Å²) in [6, 6.07) is 7.23. The maximum Gasteiger partial charge on any atom is 0.338 e. The van der Waals surface area contributed by atoms with Crippen molar-refractivity contribution in [1.29, 1.82) is 0 Å². The van der Waals surface area contributed by atoms with Gasteiger partial charge in [0.25, 0.3) is 0 Å². The van der Waals surface area contributed by atoms with E-state index >= 15 is 0 Å². The van der Waals surface area contributed by atoms with Gasteiger partial charge in [-0.2, -0.15) is 0 Å². The molecule has 0 amide bonds. The van der Waals surface area contributed by atoms with Crippen molar-refractivity contribution in [3.63, 3.8) is 0 Å². The van der Waals surface area contributed by atoms with Gasteiger partial charge in [0.1, 0.15) is 0 Å². The molecule has 0 spiro atoms. The first kappa shape index (κ1) is 16.5. The third kappa shape index (κ3) is 5.19. The first-order valence-electron chi connectivity index (χ1n) is 6.96. The molecule has 0 aliphatic rings. The van der Waals surface area contributed by atoms with Gasteiger partial charge in [-0.25, -0.2) is 4.79 Å². The van der Waals surface area contributed by atoms with Crippen molar-refractivity contribution in [3.05, 3.63) is 29.8 Å². The van der Waals surface area contributed by atoms with E-state index in [0.29, 0.717) is 38.1 Å². The second kappa shape index (κ2) is 9.34. The molecule has 0 unspecified atom stereocenters. The number of aliphatic hydroxyl groups excluding tert-OH is 2. The number of anilines is 1. The lowest BCUT2D eigenvalue weighted by Crippen LogP contribution is -2.27. The first-order valence-corrected chi connectivity index (χ1v) is 6.96. The zero-order chi connectivity index (χ0) is 14.8. The Morgan fingerprint density at radius 1 is 1.20 bits per heavy atom. The van der Waals surface area contributed by atoms with E-state index < -0.39 is 0 Å². The first-order chi connectivity index (χ1) is 9.72. The largest absolute Gasteiger partial charge is 0.462 e. The number of rotatable bonds is 9. The van der Waals surface area contributed by atoms with Crippen LogP contribution in [0.4, 0.5) is 5.69 Å². The molecule has 5 heteroatoms. The van der Waals surface area contributed by atoms with Crippen LogP contribution in [0.1, 0.15) is 30.1 Å². The number of hydrogen-bond donors (Lipinski definition) is 2. The molecule has 0 aromatic heterocycles. The zero-order valence-electron chi connectivity index (χ0n) is 11.9. The fourth-order valence-electron chi connectivity index (χ4n) is 1.94. The van der Waals surface area contributed by atoms with Crippen molar-refractivity contribution in [1.82, 2.24) is 0 Å². The number of esters is 1. The summed E-state index contributed by atoms with van der Waals surface area (Å²) >= 11 is 0. The third-order valence-electron chi connectivity index (χ3n) is 2.89. The van der Waals surface area contributed by atoms with Crippen LogP contribution in [-0.4, -0.2) is 49.1 Å². The number of carbonyl (C=O) groups excluding carboxylic acids is 1. The monoisotopic (exact) mass is 281 g/mol. The van der Waals surface area contributed by atoms with E-state index in [1.807, 2.05) is 12.1 Å². The van der Waals surface area contributed by atoms with Crippen molar-refractivity contribution in [3.8, 4) is 0 Å². The van der Waals surface area contributed by atoms with E-state index in [1.165, 1.54) is 0 Å². The minimum atomic E-state index is -0.335. The van der Waals surface area contributed by atoms with Gasteiger partial charge in [-0.05, 0) is 38.0 Å². The Labute approximate surface area is 119 Å². The molecule has 1 aromatic rings. The lowest BCUT2D eigenvalue weighted by atomic mass is 10.1. The van der Waals surface area contributed by atoms with Gasteiger partial charge in [0, 0.05) is 32.0 Å². The standard InChI is InChI=1S/C15H23NO4/c1-2-20-15(19)13-6-3-7-14(12-13)16(8-4-10-17)9-5-11-18/h3,6-7,12,17-18H,2,4-5,8-11H2,1H3. The van der Waals surface area contributed by atoms with Crippen LogP contribution in [-0.2, 0) is 4.74 Å². The highest BCUT2D eigenvalue weighted by molar-refractivity contribution is 5.90. The molecule has 0 aliphatic heterocycles. The van der Waals surface area contributed by atoms with Gasteiger partial charge >= 0.3 is 5.97 Å². The predicted molar refractivity (Wildman–Crippen MR) is 78.0 cm³/mol. The fourth-order valence-corrected chi connectivity index (χ4v) is 1.94. The minimum Gasteiger partial charge on any atom is -0.462 e. The molecular formula is C15H23NO4. The summed E-state index contributed by atoms with van der Waals surface area (Å²) in [5.74, 6) is -0.335. The Hall–Kier alpha value is -1.59. The van der Waals surface area contributed by atoms with Crippen molar-refractivity contribution < 1.29 is 19.7 Å². The quantitative estimate of drug-likeness (QED) is 0.670. The molecule has 1 aromatic carbocycles. The molecule has 0 heterocycles. The van der Waals surface area contributed by atoms with Crippen LogP contribution in [0.2, 0.25) is 0 Å². The summed E-state index contributed by atoms with van der Waals surface area (Å²) in [5, 5.41) is 17.9. The van der Waals surface area contributed by atoms with Crippen LogP contribution in [0, 0.1) is 0 Å². The Balaban J connectivity index is 2.83. The number of aliphatic hydroxyl groups is 2. The van der Waals surface area contributed by atoms with Gasteiger partial charge in [-0.1, -0.05) is 6.07 Å². The van der Waals surface area contributed by atoms with Gasteiger partial charge in [0.05, 0.1) is 12.2 Å². The molecule has 0 saturated heterocycles. The van der Waals surface area contributed by atoms with Crippen molar-refractivity contribution in [2.45, 2.75) is 19.8 Å². The number of hydrogen-bond acceptors (Lipinski definition) is 5. The van der Waals surface area contributed by atoms with E-state index in [9.17, 15) is 4.79 Å². The molecular weight excluding hydrogens is 258 g/mol. The molecule has 5 nitrogen and oxygen atoms in total. The third-order valence-corrected chi connectivity index (χ3v) is 2.89. The van der Waals surface area contributed by atoms with Crippen molar-refractivity contribution in [2.75, 3.05) is 37.8 Å². The zero-order valence-corrected chi connectivity index (χ0v) is 11.9. The number of carbonyl (C=O) groups is 1. The summed E-state index contributed by atoms with van der Waals surface area (Å²) in [6.45, 7) is 3.73. The normalized spacial score (nSPS) is 10.3. The highest BCUT2D eigenvalue weighted by Crippen LogP contribution is 2.17. The van der Waals surface area contributed by atoms with E-state index in [4.69, 9.17) is 14.9 Å². The Morgan fingerprint density at radius 2 is 1.85 bits per heavy atom. The lowest BCUT2D eigenvalue weighted by Gasteiger charge is -2.24. The number of nitrogens with zero attached hydrogens (tertiary/aromatic N) is 1. The highest BCUT2D eigenvalue weighted by atomic mass is 16.5. The molecule has 1 rings (SSSR count). The van der Waals surface area contributed by atoms with Gasteiger partial charge in [0.2, 0.25) is 0 Å². The smallest absolute Gasteiger partial charge is 0.338 e. The molecule has 0 atom stereocenters. The maximum atomic E-state index is 11.7. The van der Waals surface area contributed by atoms with Gasteiger partial charge in [0.15, 0.2) is 0 Å². The van der Waals surface area contributed by atoms with Gasteiger partial charge in [-0.3, -0.25) is 0 Å². The van der Waals surface area contributed by atoms with Crippen molar-refractivity contribution in [2.24, 2.45) is 0 Å². The summed E-state index contributed by atoms with van der Waals surface area (Å²) in [6.07, 6.45) is 1.30. The summed E-state index contributed by atoms with van der Waals surface area (Å²) < 4.78 is 4.99. The Bertz CT molecular complexity index is 401. The topological polar surface area (TPSA) is 70.0 Å². The maximum absolute atomic E-state index is 11.7. The van der Waals surface area contributed by atoms with Crippen LogP contribution < -0.4 is 4.90 Å². The lowest BCUT2D eigenvalue weighted by molar-refractivity contribution is 0.0526. The van der Waals surface area contributed by atoms with Gasteiger partial charge < -0.3 is 19.8 Å². The average Bonchev–Trinajstić information content (AvgIpc) is 2.48. The summed E-state index contributed by atoms with van der Waals surface area (Å²) in [7, 11) is 0. The molecule has 0 aliphatic carbocycles. The molecule has 20 heavy (non-hydrogen) atoms. The molecule has 0 bridgehead atoms. The van der Waals surface area contributed by atoms with Crippen LogP contribution >= 0.6 is 0 Å². The van der Waals surface area contributed by atoms with Crippen LogP contribution in [0.25, 0.3) is 0 Å². The summed E-state index contributed by atoms with van der Waals surface area (Å²) in [4.78, 5) is 13.8. The van der Waals surface area contributed by atoms with Crippen LogP contribution in [0.5, 0.6) is 0 Å². The van der Waals surface area contributed by atoms with E-state index in [2.05, 4.69) is 4.90 Å². The van der Waals surface area contributed by atoms with Crippen LogP contribution in [0.15, 0.2) is 24.3 Å². The second-order valence-corrected chi connectivity index (χ2v) is 4.41. The molecule has 112 valence electrons. The second-order valence-electron chi connectivity index (χ2n) is 4.41. The highest BCUT2D eigenvalue weighted by Gasteiger charge is 2.10. The Morgan fingerprint density at radius 3 is 2.40 bits per heavy atom. The number of benzene rings is 1. The van der Waals surface area contributed by atoms with Crippen molar-refractivity contribution >= 4 is 11.7 Å². The fraction of sp³-hybridized carbons (Fsp3) is 0.533. The molecule has 0 fully saturated rings. The molecule has 0 saturated carbocycles. The van der Waals surface area contributed by atoms with Gasteiger partial charge in [-0.15, -0.1) is 0 Å². The Kier molecular flexibility index (Phi) is 7.69. The minimum absolute atomic E-state index is 0.118. The summed E-state index contributed by atoms with van der Waals surface area (Å²) in [5.41, 5.74) is 1.42. The van der Waals surface area contributed by atoms with E-state index in [1.54, 1.807) is 19.1 Å². The van der Waals surface area contributed by atoms with Crippen LogP contribution in [0.3, 0.4) is 0 Å². The van der Waals surface area contributed by atoms with E-state index in [0.717, 1.165) is 5.69 Å². The molecule has 2 N–H and O–H groups in total. The predicted octanol–water partition coefficient (Wildman–Crippen LogP) is 1.43.